The van der Waals surface area contributed by atoms with E-state index in [1.54, 1.807) is 6.92 Å². The molecule has 0 aliphatic heterocycles. The molecule has 26 heavy (non-hydrogen) atoms. The summed E-state index contributed by atoms with van der Waals surface area (Å²) in [5.41, 5.74) is 0.427. The molecule has 0 bridgehead atoms. The Labute approximate surface area is 158 Å². The maximum Gasteiger partial charge on any atom is 0.302 e. The normalized spacial score (nSPS) is 53.2. The lowest BCUT2D eigenvalue weighted by molar-refractivity contribution is -0.196. The Balaban J connectivity index is 1.72. The average molecular weight is 361 g/mol. The van der Waals surface area contributed by atoms with Crippen molar-refractivity contribution in [2.24, 2.45) is 40.4 Å². The van der Waals surface area contributed by atoms with Crippen molar-refractivity contribution in [3.63, 3.8) is 0 Å². The van der Waals surface area contributed by atoms with E-state index in [2.05, 4.69) is 26.5 Å². The van der Waals surface area contributed by atoms with Gasteiger partial charge in [-0.3, -0.25) is 4.79 Å². The number of aliphatic hydroxyl groups excluding tert-OH is 1. The van der Waals surface area contributed by atoms with Gasteiger partial charge in [0.2, 0.25) is 0 Å². The molecule has 4 saturated carbocycles. The van der Waals surface area contributed by atoms with E-state index in [0.717, 1.165) is 31.6 Å². The number of carbonyl (C=O) groups is 1. The van der Waals surface area contributed by atoms with E-state index in [4.69, 9.17) is 4.74 Å². The first-order chi connectivity index (χ1) is 12.3. The quantitative estimate of drug-likeness (QED) is 0.572. The SMILES string of the molecule is C=C[C@H]1CC[C@H]2[C@@H]3CC[C@H]4C[C@@H](O)CC[C@]4(C)[C@H]3C(OC(C)=O)C[C@]12C. The first-order valence-electron chi connectivity index (χ1n) is 10.8. The Hall–Kier alpha value is -0.830. The van der Waals surface area contributed by atoms with E-state index in [9.17, 15) is 9.90 Å². The summed E-state index contributed by atoms with van der Waals surface area (Å²) in [5.74, 6) is 2.83. The summed E-state index contributed by atoms with van der Waals surface area (Å²) in [5, 5.41) is 10.2. The van der Waals surface area contributed by atoms with Gasteiger partial charge in [-0.25, -0.2) is 0 Å². The maximum atomic E-state index is 12.0. The molecule has 1 unspecified atom stereocenters. The van der Waals surface area contributed by atoms with Gasteiger partial charge < -0.3 is 9.84 Å². The molecule has 0 heterocycles. The number of aliphatic hydroxyl groups is 1. The second-order valence-electron chi connectivity index (χ2n) is 10.3. The highest BCUT2D eigenvalue weighted by atomic mass is 16.5. The van der Waals surface area contributed by atoms with Crippen LogP contribution in [-0.2, 0) is 9.53 Å². The Morgan fingerprint density at radius 3 is 2.62 bits per heavy atom. The van der Waals surface area contributed by atoms with Gasteiger partial charge in [-0.1, -0.05) is 19.9 Å². The molecule has 0 spiro atoms. The monoisotopic (exact) mass is 360 g/mol. The molecule has 0 aromatic rings. The molecule has 4 aliphatic carbocycles. The van der Waals surface area contributed by atoms with Crippen molar-refractivity contribution in [1.82, 2.24) is 0 Å². The minimum Gasteiger partial charge on any atom is -0.462 e. The lowest BCUT2D eigenvalue weighted by atomic mass is 9.44. The van der Waals surface area contributed by atoms with Crippen molar-refractivity contribution < 1.29 is 14.6 Å². The standard InChI is InChI=1S/C23H36O3/c1-5-15-7-9-19-18-8-6-16-12-17(25)10-11-22(16,3)21(18)20(26-14(2)24)13-23(15,19)4/h5,15-21,25H,1,6-13H2,2-4H3/t15-,16-,17-,18-,19-,20?,21+,22-,23+/m0/s1. The summed E-state index contributed by atoms with van der Waals surface area (Å²) < 4.78 is 6.03. The van der Waals surface area contributed by atoms with Crippen LogP contribution >= 0.6 is 0 Å². The second kappa shape index (κ2) is 6.36. The van der Waals surface area contributed by atoms with Crippen LogP contribution in [0.5, 0.6) is 0 Å². The Bertz CT molecular complexity index is 586. The largest absolute Gasteiger partial charge is 0.462 e. The first-order valence-corrected chi connectivity index (χ1v) is 10.8. The molecule has 4 aliphatic rings. The highest BCUT2D eigenvalue weighted by molar-refractivity contribution is 5.66. The van der Waals surface area contributed by atoms with Crippen LogP contribution in [-0.4, -0.2) is 23.3 Å². The van der Waals surface area contributed by atoms with E-state index in [-0.39, 0.29) is 29.0 Å². The number of rotatable bonds is 2. The van der Waals surface area contributed by atoms with Crippen molar-refractivity contribution in [3.8, 4) is 0 Å². The van der Waals surface area contributed by atoms with Gasteiger partial charge in [0.15, 0.2) is 0 Å². The van der Waals surface area contributed by atoms with Crippen LogP contribution in [0.3, 0.4) is 0 Å². The van der Waals surface area contributed by atoms with Gasteiger partial charge in [-0.15, -0.1) is 6.58 Å². The summed E-state index contributed by atoms with van der Waals surface area (Å²) in [6, 6.07) is 0. The van der Waals surface area contributed by atoms with Crippen molar-refractivity contribution in [2.45, 2.75) is 84.3 Å². The molecular weight excluding hydrogens is 324 g/mol. The molecule has 4 fully saturated rings. The fourth-order valence-corrected chi connectivity index (χ4v) is 8.07. The van der Waals surface area contributed by atoms with Crippen LogP contribution in [0.1, 0.15) is 72.1 Å². The molecule has 146 valence electrons. The number of fused-ring (bicyclic) bond motifs is 5. The second-order valence-corrected chi connectivity index (χ2v) is 10.3. The molecule has 0 amide bonds. The zero-order valence-electron chi connectivity index (χ0n) is 16.7. The summed E-state index contributed by atoms with van der Waals surface area (Å²) in [7, 11) is 0. The highest BCUT2D eigenvalue weighted by Crippen LogP contribution is 2.68. The van der Waals surface area contributed by atoms with E-state index in [0.29, 0.717) is 23.7 Å². The minimum absolute atomic E-state index is 0.0299. The average Bonchev–Trinajstić information content (AvgIpc) is 2.90. The third kappa shape index (κ3) is 2.60. The summed E-state index contributed by atoms with van der Waals surface area (Å²) >= 11 is 0. The van der Waals surface area contributed by atoms with Gasteiger partial charge in [0.25, 0.3) is 0 Å². The van der Waals surface area contributed by atoms with Crippen molar-refractivity contribution in [1.29, 1.82) is 0 Å². The molecule has 0 aromatic heterocycles. The maximum absolute atomic E-state index is 12.0. The molecule has 3 heteroatoms. The van der Waals surface area contributed by atoms with Crippen LogP contribution < -0.4 is 0 Å². The summed E-state index contributed by atoms with van der Waals surface area (Å²) in [4.78, 5) is 12.0. The van der Waals surface area contributed by atoms with Crippen LogP contribution in [0, 0.1) is 40.4 Å². The Morgan fingerprint density at radius 1 is 1.15 bits per heavy atom. The van der Waals surface area contributed by atoms with Gasteiger partial charge >= 0.3 is 5.97 Å². The first kappa shape index (κ1) is 18.5. The van der Waals surface area contributed by atoms with E-state index in [1.165, 1.54) is 25.7 Å². The third-order valence-electron chi connectivity index (χ3n) is 9.22. The van der Waals surface area contributed by atoms with E-state index >= 15 is 0 Å². The predicted molar refractivity (Wildman–Crippen MR) is 102 cm³/mol. The van der Waals surface area contributed by atoms with Gasteiger partial charge in [0, 0.05) is 12.8 Å². The van der Waals surface area contributed by atoms with E-state index < -0.39 is 0 Å². The van der Waals surface area contributed by atoms with Crippen LogP contribution in [0.2, 0.25) is 0 Å². The lowest BCUT2D eigenvalue weighted by Gasteiger charge is -2.62. The fraction of sp³-hybridized carbons (Fsp3) is 0.870. The van der Waals surface area contributed by atoms with Crippen LogP contribution in [0.4, 0.5) is 0 Å². The molecule has 1 N–H and O–H groups in total. The molecule has 0 saturated heterocycles. The highest BCUT2D eigenvalue weighted by Gasteiger charge is 2.63. The molecule has 0 radical (unpaired) electrons. The molecular formula is C23H36O3. The minimum atomic E-state index is -0.137. The smallest absolute Gasteiger partial charge is 0.302 e. The van der Waals surface area contributed by atoms with Crippen LogP contribution in [0.25, 0.3) is 0 Å². The van der Waals surface area contributed by atoms with Crippen molar-refractivity contribution in [3.05, 3.63) is 12.7 Å². The number of allylic oxidation sites excluding steroid dienone is 1. The van der Waals surface area contributed by atoms with Crippen molar-refractivity contribution in [2.75, 3.05) is 0 Å². The number of hydrogen-bond donors (Lipinski definition) is 1. The predicted octanol–water partition coefficient (Wildman–Crippen LogP) is 4.73. The molecule has 4 rings (SSSR count). The zero-order chi connectivity index (χ0) is 18.7. The Kier molecular flexibility index (Phi) is 4.53. The molecule has 3 nitrogen and oxygen atoms in total. The topological polar surface area (TPSA) is 46.5 Å². The number of esters is 1. The lowest BCUT2D eigenvalue weighted by Crippen LogP contribution is -2.59. The summed E-state index contributed by atoms with van der Waals surface area (Å²) in [6.07, 6.45) is 11.0. The fourth-order valence-electron chi connectivity index (χ4n) is 8.07. The van der Waals surface area contributed by atoms with Crippen molar-refractivity contribution >= 4 is 5.97 Å². The molecule has 9 atom stereocenters. The van der Waals surface area contributed by atoms with E-state index in [1.807, 2.05) is 0 Å². The Morgan fingerprint density at radius 2 is 1.92 bits per heavy atom. The third-order valence-corrected chi connectivity index (χ3v) is 9.22. The number of carbonyl (C=O) groups excluding carboxylic acids is 1. The van der Waals surface area contributed by atoms with Gasteiger partial charge in [0.05, 0.1) is 6.10 Å². The van der Waals surface area contributed by atoms with Gasteiger partial charge in [-0.05, 0) is 85.9 Å². The number of ether oxygens (including phenoxy) is 1. The van der Waals surface area contributed by atoms with Gasteiger partial charge in [0.1, 0.15) is 6.10 Å². The number of hydrogen-bond acceptors (Lipinski definition) is 3. The molecule has 0 aromatic carbocycles. The van der Waals surface area contributed by atoms with Crippen LogP contribution in [0.15, 0.2) is 12.7 Å². The van der Waals surface area contributed by atoms with Gasteiger partial charge in [-0.2, -0.15) is 0 Å². The summed E-state index contributed by atoms with van der Waals surface area (Å²) in [6.45, 7) is 10.6. The zero-order valence-corrected chi connectivity index (χ0v) is 16.7.